The van der Waals surface area contributed by atoms with Gasteiger partial charge in [0.2, 0.25) is 15.9 Å². The maximum absolute atomic E-state index is 12.7. The lowest BCUT2D eigenvalue weighted by molar-refractivity contribution is -0.118. The molecule has 2 rings (SSSR count). The van der Waals surface area contributed by atoms with Crippen molar-refractivity contribution < 1.29 is 13.2 Å². The highest BCUT2D eigenvalue weighted by atomic mass is 32.2. The highest BCUT2D eigenvalue weighted by Gasteiger charge is 2.26. The van der Waals surface area contributed by atoms with Crippen LogP contribution in [0.25, 0.3) is 0 Å². The number of carbonyl (C=O) groups is 1. The minimum atomic E-state index is -3.84. The minimum absolute atomic E-state index is 0.104. The molecule has 27 heavy (non-hydrogen) atoms. The van der Waals surface area contributed by atoms with E-state index in [1.807, 2.05) is 26.8 Å². The Kier molecular flexibility index (Phi) is 6.72. The first-order valence-electron chi connectivity index (χ1n) is 8.61. The van der Waals surface area contributed by atoms with E-state index in [2.05, 4.69) is 10.0 Å². The normalized spacial score (nSPS) is 12.4. The lowest BCUT2D eigenvalue weighted by atomic mass is 10.0. The third-order valence-corrected chi connectivity index (χ3v) is 5.40. The molecule has 142 valence electrons. The summed E-state index contributed by atoms with van der Waals surface area (Å²) in [6.07, 6.45) is 0.342. The number of carbonyl (C=O) groups excluding carboxylic acids is 1. The van der Waals surface area contributed by atoms with Crippen LogP contribution in [0.1, 0.15) is 31.4 Å². The smallest absolute Gasteiger partial charge is 0.242 e. The predicted octanol–water partition coefficient (Wildman–Crippen LogP) is 3.20. The maximum atomic E-state index is 12.7. The fourth-order valence-electron chi connectivity index (χ4n) is 2.55. The topological polar surface area (TPSA) is 99.1 Å². The molecule has 2 aromatic carbocycles. The van der Waals surface area contributed by atoms with E-state index in [1.165, 1.54) is 12.1 Å². The van der Waals surface area contributed by atoms with E-state index >= 15 is 0 Å². The Bertz CT molecular complexity index is 945. The van der Waals surface area contributed by atoms with E-state index in [9.17, 15) is 13.2 Å². The van der Waals surface area contributed by atoms with Gasteiger partial charge in [0.05, 0.1) is 16.5 Å². The van der Waals surface area contributed by atoms with Crippen molar-refractivity contribution in [3.8, 4) is 6.07 Å². The quantitative estimate of drug-likeness (QED) is 0.764. The van der Waals surface area contributed by atoms with Crippen LogP contribution < -0.4 is 10.0 Å². The molecule has 0 aliphatic rings. The minimum Gasteiger partial charge on any atom is -0.325 e. The monoisotopic (exact) mass is 385 g/mol. The number of amides is 1. The molecule has 6 nitrogen and oxygen atoms in total. The molecule has 1 amide bonds. The molecule has 0 aliphatic heterocycles. The Morgan fingerprint density at radius 1 is 1.15 bits per heavy atom. The number of benzene rings is 2. The van der Waals surface area contributed by atoms with E-state index in [4.69, 9.17) is 5.26 Å². The molecule has 2 N–H and O–H groups in total. The molecule has 7 heteroatoms. The average Bonchev–Trinajstić information content (AvgIpc) is 2.61. The summed E-state index contributed by atoms with van der Waals surface area (Å²) in [4.78, 5) is 12.8. The van der Waals surface area contributed by atoms with Crippen LogP contribution in [0.15, 0.2) is 53.4 Å². The Labute approximate surface area is 160 Å². The van der Waals surface area contributed by atoms with E-state index < -0.39 is 22.0 Å². The molecule has 0 fully saturated rings. The molecule has 0 aromatic heterocycles. The van der Waals surface area contributed by atoms with Gasteiger partial charge < -0.3 is 5.32 Å². The highest BCUT2D eigenvalue weighted by molar-refractivity contribution is 7.89. The molecule has 1 atom stereocenters. The van der Waals surface area contributed by atoms with Crippen LogP contribution in [0.3, 0.4) is 0 Å². The highest BCUT2D eigenvalue weighted by Crippen LogP contribution is 2.16. The molecule has 0 spiro atoms. The van der Waals surface area contributed by atoms with Crippen LogP contribution in [-0.4, -0.2) is 20.4 Å². The number of hydrogen-bond acceptors (Lipinski definition) is 4. The van der Waals surface area contributed by atoms with Crippen LogP contribution >= 0.6 is 0 Å². The summed E-state index contributed by atoms with van der Waals surface area (Å²) in [5.41, 5.74) is 1.80. The van der Waals surface area contributed by atoms with Crippen molar-refractivity contribution in [3.05, 3.63) is 59.7 Å². The summed E-state index contributed by atoms with van der Waals surface area (Å²) in [6, 6.07) is 14.0. The first kappa shape index (κ1) is 20.6. The van der Waals surface area contributed by atoms with Gasteiger partial charge >= 0.3 is 0 Å². The lowest BCUT2D eigenvalue weighted by Crippen LogP contribution is -2.44. The molecule has 0 aliphatic carbocycles. The molecule has 0 saturated carbocycles. The molecule has 0 saturated heterocycles. The fourth-order valence-corrected chi connectivity index (χ4v) is 3.76. The van der Waals surface area contributed by atoms with Crippen LogP contribution in [0.4, 0.5) is 5.69 Å². The van der Waals surface area contributed by atoms with Crippen molar-refractivity contribution in [1.82, 2.24) is 4.72 Å². The largest absolute Gasteiger partial charge is 0.325 e. The number of aryl methyl sites for hydroxylation is 1. The van der Waals surface area contributed by atoms with Crippen molar-refractivity contribution in [1.29, 1.82) is 5.26 Å². The van der Waals surface area contributed by atoms with E-state index in [-0.39, 0.29) is 10.8 Å². The van der Waals surface area contributed by atoms with Crippen molar-refractivity contribution >= 4 is 21.6 Å². The Morgan fingerprint density at radius 3 is 2.41 bits per heavy atom. The van der Waals surface area contributed by atoms with Crippen LogP contribution in [0, 0.1) is 24.2 Å². The summed E-state index contributed by atoms with van der Waals surface area (Å²) in [7, 11) is -3.84. The molecule has 0 radical (unpaired) electrons. The second-order valence-corrected chi connectivity index (χ2v) is 8.51. The van der Waals surface area contributed by atoms with E-state index in [1.54, 1.807) is 36.4 Å². The lowest BCUT2D eigenvalue weighted by Gasteiger charge is -2.20. The Balaban J connectivity index is 2.22. The molecular formula is C20H23N3O3S. The van der Waals surface area contributed by atoms with Crippen LogP contribution in [0.2, 0.25) is 0 Å². The second-order valence-electron chi connectivity index (χ2n) is 6.80. The SMILES string of the molecule is Cc1ccc(S(=O)(=O)N[C@H](CC(C)C)C(=O)Nc2cccc(C#N)c2)cc1. The standard InChI is InChI=1S/C20H23N3O3S/c1-14(2)11-19(20(24)22-17-6-4-5-16(12-17)13-21)23-27(25,26)18-9-7-15(3)8-10-18/h4-10,12,14,19,23H,11H2,1-3H3,(H,22,24)/t19-/m1/s1. The van der Waals surface area contributed by atoms with Gasteiger partial charge in [-0.2, -0.15) is 9.98 Å². The van der Waals surface area contributed by atoms with Gasteiger partial charge in [-0.15, -0.1) is 0 Å². The number of anilines is 1. The number of nitrogens with one attached hydrogen (secondary N) is 2. The van der Waals surface area contributed by atoms with Gasteiger partial charge in [-0.3, -0.25) is 4.79 Å². The third-order valence-electron chi connectivity index (χ3n) is 3.91. The molecular weight excluding hydrogens is 362 g/mol. The van der Waals surface area contributed by atoms with Gasteiger partial charge in [0, 0.05) is 5.69 Å². The Morgan fingerprint density at radius 2 is 1.81 bits per heavy atom. The molecule has 2 aromatic rings. The first-order chi connectivity index (χ1) is 12.7. The Hall–Kier alpha value is -2.69. The number of nitriles is 1. The molecule has 0 heterocycles. The summed E-state index contributed by atoms with van der Waals surface area (Å²) in [5.74, 6) is -0.360. The second kappa shape index (κ2) is 8.80. The number of nitrogens with zero attached hydrogens (tertiary/aromatic N) is 1. The van der Waals surface area contributed by atoms with Crippen molar-refractivity contribution in [3.63, 3.8) is 0 Å². The summed E-state index contributed by atoms with van der Waals surface area (Å²) in [5, 5.41) is 11.7. The van der Waals surface area contributed by atoms with Gasteiger partial charge in [0.15, 0.2) is 0 Å². The molecule has 0 unspecified atom stereocenters. The van der Waals surface area contributed by atoms with Crippen molar-refractivity contribution in [2.45, 2.75) is 38.1 Å². The number of hydrogen-bond donors (Lipinski definition) is 2. The van der Waals surface area contributed by atoms with Crippen LogP contribution in [-0.2, 0) is 14.8 Å². The molecule has 0 bridgehead atoms. The average molecular weight is 385 g/mol. The zero-order valence-electron chi connectivity index (χ0n) is 15.6. The van der Waals surface area contributed by atoms with Gasteiger partial charge in [-0.25, -0.2) is 8.42 Å². The summed E-state index contributed by atoms with van der Waals surface area (Å²) >= 11 is 0. The van der Waals surface area contributed by atoms with Crippen molar-refractivity contribution in [2.75, 3.05) is 5.32 Å². The zero-order chi connectivity index (χ0) is 20.0. The zero-order valence-corrected chi connectivity index (χ0v) is 16.4. The van der Waals surface area contributed by atoms with Crippen molar-refractivity contribution in [2.24, 2.45) is 5.92 Å². The van der Waals surface area contributed by atoms with E-state index in [0.717, 1.165) is 5.56 Å². The van der Waals surface area contributed by atoms with Gasteiger partial charge in [-0.05, 0) is 49.6 Å². The van der Waals surface area contributed by atoms with Gasteiger partial charge in [0.1, 0.15) is 6.04 Å². The van der Waals surface area contributed by atoms with Crippen LogP contribution in [0.5, 0.6) is 0 Å². The third kappa shape index (κ3) is 5.91. The van der Waals surface area contributed by atoms with Gasteiger partial charge in [0.25, 0.3) is 0 Å². The first-order valence-corrected chi connectivity index (χ1v) is 10.1. The fraction of sp³-hybridized carbons (Fsp3) is 0.300. The maximum Gasteiger partial charge on any atom is 0.242 e. The van der Waals surface area contributed by atoms with E-state index in [0.29, 0.717) is 17.7 Å². The summed E-state index contributed by atoms with van der Waals surface area (Å²) in [6.45, 7) is 5.70. The summed E-state index contributed by atoms with van der Waals surface area (Å²) < 4.78 is 27.8. The number of sulfonamides is 1. The number of rotatable bonds is 7. The predicted molar refractivity (Wildman–Crippen MR) is 105 cm³/mol. The van der Waals surface area contributed by atoms with Gasteiger partial charge in [-0.1, -0.05) is 37.6 Å².